The number of ether oxygens (including phenoxy) is 1. The van der Waals surface area contributed by atoms with Gasteiger partial charge in [-0.25, -0.2) is 4.79 Å². The number of rotatable bonds is 9. The van der Waals surface area contributed by atoms with Crippen molar-refractivity contribution in [1.29, 1.82) is 0 Å². The highest BCUT2D eigenvalue weighted by atomic mass is 16.5. The van der Waals surface area contributed by atoms with E-state index in [9.17, 15) is 19.2 Å². The number of hydrogen-bond acceptors (Lipinski definition) is 5. The van der Waals surface area contributed by atoms with E-state index in [-0.39, 0.29) is 30.0 Å². The van der Waals surface area contributed by atoms with Gasteiger partial charge in [-0.05, 0) is 57.4 Å². The number of esters is 1. The van der Waals surface area contributed by atoms with Crippen LogP contribution in [-0.4, -0.2) is 52.2 Å². The van der Waals surface area contributed by atoms with Crippen molar-refractivity contribution in [3.63, 3.8) is 0 Å². The maximum absolute atomic E-state index is 12.8. The lowest BCUT2D eigenvalue weighted by Gasteiger charge is -2.28. The van der Waals surface area contributed by atoms with Crippen molar-refractivity contribution >= 4 is 29.3 Å². The SMILES string of the molecule is CC[C@H](C)N(CC(=O)Nc1cccc(C)c1C)C(=O)COC(=O)c1cc(C(C)=O)cn1C. The Morgan fingerprint density at radius 2 is 1.88 bits per heavy atom. The first-order valence-electron chi connectivity index (χ1n) is 10.5. The van der Waals surface area contributed by atoms with Gasteiger partial charge < -0.3 is 19.5 Å². The molecule has 0 aliphatic heterocycles. The molecule has 0 saturated carbocycles. The molecule has 1 atom stereocenters. The topological polar surface area (TPSA) is 97.7 Å². The van der Waals surface area contributed by atoms with Gasteiger partial charge in [-0.3, -0.25) is 14.4 Å². The van der Waals surface area contributed by atoms with Crippen LogP contribution in [0.15, 0.2) is 30.5 Å². The van der Waals surface area contributed by atoms with Crippen molar-refractivity contribution in [3.05, 3.63) is 52.8 Å². The molecule has 1 heterocycles. The summed E-state index contributed by atoms with van der Waals surface area (Å²) in [6.07, 6.45) is 2.17. The lowest BCUT2D eigenvalue weighted by molar-refractivity contribution is -0.139. The Hall–Kier alpha value is -3.42. The number of anilines is 1. The molecule has 1 aromatic carbocycles. The van der Waals surface area contributed by atoms with E-state index in [0.717, 1.165) is 11.1 Å². The number of Topliss-reactive ketones (excluding diaryl/α,β-unsaturated/α-hetero) is 1. The monoisotopic (exact) mass is 441 g/mol. The summed E-state index contributed by atoms with van der Waals surface area (Å²) in [5.41, 5.74) is 3.27. The molecule has 1 N–H and O–H groups in total. The quantitative estimate of drug-likeness (QED) is 0.476. The van der Waals surface area contributed by atoms with E-state index in [1.807, 2.05) is 45.9 Å². The Morgan fingerprint density at radius 3 is 2.47 bits per heavy atom. The van der Waals surface area contributed by atoms with Crippen LogP contribution in [0.4, 0.5) is 5.69 Å². The van der Waals surface area contributed by atoms with Crippen molar-refractivity contribution in [3.8, 4) is 0 Å². The maximum atomic E-state index is 12.8. The fraction of sp³-hybridized carbons (Fsp3) is 0.417. The van der Waals surface area contributed by atoms with Gasteiger partial charge in [0.25, 0.3) is 5.91 Å². The smallest absolute Gasteiger partial charge is 0.355 e. The highest BCUT2D eigenvalue weighted by Gasteiger charge is 2.24. The zero-order valence-corrected chi connectivity index (χ0v) is 19.5. The summed E-state index contributed by atoms with van der Waals surface area (Å²) < 4.78 is 6.66. The van der Waals surface area contributed by atoms with Gasteiger partial charge in [0.15, 0.2) is 12.4 Å². The fourth-order valence-corrected chi connectivity index (χ4v) is 3.19. The third-order valence-corrected chi connectivity index (χ3v) is 5.58. The molecule has 0 bridgehead atoms. The normalized spacial score (nSPS) is 11.6. The second-order valence-corrected chi connectivity index (χ2v) is 7.93. The summed E-state index contributed by atoms with van der Waals surface area (Å²) >= 11 is 0. The predicted molar refractivity (Wildman–Crippen MR) is 122 cm³/mol. The highest BCUT2D eigenvalue weighted by molar-refractivity contribution is 5.98. The van der Waals surface area contributed by atoms with E-state index in [1.54, 1.807) is 7.05 Å². The number of amides is 2. The molecule has 8 heteroatoms. The van der Waals surface area contributed by atoms with E-state index in [2.05, 4.69) is 5.32 Å². The number of hydrogen-bond donors (Lipinski definition) is 1. The van der Waals surface area contributed by atoms with Crippen molar-refractivity contribution in [2.24, 2.45) is 7.05 Å². The lowest BCUT2D eigenvalue weighted by atomic mass is 10.1. The first kappa shape index (κ1) is 24.8. The minimum absolute atomic E-state index is 0.155. The van der Waals surface area contributed by atoms with E-state index in [4.69, 9.17) is 4.74 Å². The average Bonchev–Trinajstić information content (AvgIpc) is 3.15. The van der Waals surface area contributed by atoms with E-state index in [1.165, 1.54) is 28.7 Å². The Bertz CT molecular complexity index is 1020. The van der Waals surface area contributed by atoms with E-state index >= 15 is 0 Å². The van der Waals surface area contributed by atoms with Crippen LogP contribution in [0.3, 0.4) is 0 Å². The molecule has 2 aromatic rings. The van der Waals surface area contributed by atoms with Gasteiger partial charge in [-0.15, -0.1) is 0 Å². The van der Waals surface area contributed by atoms with Gasteiger partial charge in [-0.2, -0.15) is 0 Å². The summed E-state index contributed by atoms with van der Waals surface area (Å²) in [6.45, 7) is 8.37. The van der Waals surface area contributed by atoms with E-state index < -0.39 is 18.5 Å². The van der Waals surface area contributed by atoms with E-state index in [0.29, 0.717) is 17.7 Å². The van der Waals surface area contributed by atoms with Crippen LogP contribution < -0.4 is 5.32 Å². The zero-order chi connectivity index (χ0) is 24.0. The molecule has 0 saturated heterocycles. The molecule has 0 radical (unpaired) electrons. The molecule has 2 amide bonds. The number of nitrogens with one attached hydrogen (secondary N) is 1. The Morgan fingerprint density at radius 1 is 1.19 bits per heavy atom. The Kier molecular flexibility index (Phi) is 8.34. The zero-order valence-electron chi connectivity index (χ0n) is 19.5. The number of aromatic nitrogens is 1. The minimum Gasteiger partial charge on any atom is -0.451 e. The molecule has 1 aromatic heterocycles. The molecular weight excluding hydrogens is 410 g/mol. The average molecular weight is 442 g/mol. The van der Waals surface area contributed by atoms with Crippen LogP contribution in [0, 0.1) is 13.8 Å². The van der Waals surface area contributed by atoms with Gasteiger partial charge in [0.1, 0.15) is 12.2 Å². The first-order valence-corrected chi connectivity index (χ1v) is 10.5. The van der Waals surface area contributed by atoms with Crippen molar-refractivity contribution in [1.82, 2.24) is 9.47 Å². The summed E-state index contributed by atoms with van der Waals surface area (Å²) in [5, 5.41) is 2.85. The van der Waals surface area contributed by atoms with Crippen molar-refractivity contribution in [2.75, 3.05) is 18.5 Å². The number of aryl methyl sites for hydroxylation is 2. The molecule has 172 valence electrons. The second-order valence-electron chi connectivity index (χ2n) is 7.93. The Labute approximate surface area is 188 Å². The van der Waals surface area contributed by atoms with Crippen LogP contribution >= 0.6 is 0 Å². The van der Waals surface area contributed by atoms with Gasteiger partial charge in [0, 0.05) is 30.5 Å². The Balaban J connectivity index is 2.04. The van der Waals surface area contributed by atoms with Crippen molar-refractivity contribution in [2.45, 2.75) is 47.1 Å². The summed E-state index contributed by atoms with van der Waals surface area (Å²) in [6, 6.07) is 6.84. The highest BCUT2D eigenvalue weighted by Crippen LogP contribution is 2.18. The molecular formula is C24H31N3O5. The van der Waals surface area contributed by atoms with Gasteiger partial charge in [-0.1, -0.05) is 19.1 Å². The molecule has 0 fully saturated rings. The fourth-order valence-electron chi connectivity index (χ4n) is 3.19. The molecule has 2 rings (SSSR count). The molecule has 0 aliphatic carbocycles. The number of carbonyl (C=O) groups excluding carboxylic acids is 4. The third-order valence-electron chi connectivity index (χ3n) is 5.58. The molecule has 0 aliphatic rings. The first-order chi connectivity index (χ1) is 15.0. The standard InChI is InChI=1S/C24H31N3O5/c1-7-16(3)27(13-22(29)25-20-10-8-9-15(2)17(20)4)23(30)14-32-24(31)21-11-19(18(5)28)12-26(21)6/h8-12,16H,7,13-14H2,1-6H3,(H,25,29)/t16-/m0/s1. The number of benzene rings is 1. The number of ketones is 1. The maximum Gasteiger partial charge on any atom is 0.355 e. The predicted octanol–water partition coefficient (Wildman–Crippen LogP) is 3.27. The summed E-state index contributed by atoms with van der Waals surface area (Å²) in [7, 11) is 1.62. The third kappa shape index (κ3) is 6.06. The van der Waals surface area contributed by atoms with Gasteiger partial charge >= 0.3 is 5.97 Å². The van der Waals surface area contributed by atoms with Crippen LogP contribution in [0.5, 0.6) is 0 Å². The van der Waals surface area contributed by atoms with Gasteiger partial charge in [0.2, 0.25) is 5.91 Å². The minimum atomic E-state index is -0.711. The molecule has 0 spiro atoms. The largest absolute Gasteiger partial charge is 0.451 e. The number of nitrogens with zero attached hydrogens (tertiary/aromatic N) is 2. The molecule has 0 unspecified atom stereocenters. The van der Waals surface area contributed by atoms with Crippen LogP contribution in [0.25, 0.3) is 0 Å². The number of carbonyl (C=O) groups is 4. The van der Waals surface area contributed by atoms with Crippen LogP contribution in [0.2, 0.25) is 0 Å². The van der Waals surface area contributed by atoms with Crippen LogP contribution in [-0.2, 0) is 21.4 Å². The molecule has 8 nitrogen and oxygen atoms in total. The lowest BCUT2D eigenvalue weighted by Crippen LogP contribution is -2.45. The van der Waals surface area contributed by atoms with Crippen molar-refractivity contribution < 1.29 is 23.9 Å². The summed E-state index contributed by atoms with van der Waals surface area (Å²) in [4.78, 5) is 50.7. The second kappa shape index (κ2) is 10.7. The van der Waals surface area contributed by atoms with Gasteiger partial charge in [0.05, 0.1) is 0 Å². The molecule has 32 heavy (non-hydrogen) atoms. The summed E-state index contributed by atoms with van der Waals surface area (Å²) in [5.74, 6) is -1.68. The van der Waals surface area contributed by atoms with Crippen LogP contribution in [0.1, 0.15) is 59.2 Å².